The average Bonchev–Trinajstić information content (AvgIpc) is 3.12. The molecule has 1 aromatic rings. The number of piperidine rings is 1. The third kappa shape index (κ3) is 3.50. The molecule has 2 saturated heterocycles. The molecule has 1 amide bonds. The fraction of sp³-hybridized carbons (Fsp3) is 0.619. The molecule has 3 atom stereocenters. The third-order valence-electron chi connectivity index (χ3n) is 6.40. The Bertz CT molecular complexity index is 608. The fourth-order valence-electron chi connectivity index (χ4n) is 4.93. The molecule has 1 N–H and O–H groups in total. The number of fused-ring (bicyclic) bond motifs is 1. The maximum absolute atomic E-state index is 12.9. The molecule has 134 valence electrons. The lowest BCUT2D eigenvalue weighted by atomic mass is 9.85. The molecule has 4 rings (SSSR count). The second-order valence-electron chi connectivity index (χ2n) is 7.94. The third-order valence-corrected chi connectivity index (χ3v) is 6.40. The summed E-state index contributed by atoms with van der Waals surface area (Å²) in [4.78, 5) is 27.4. The predicted octanol–water partition coefficient (Wildman–Crippen LogP) is 3.03. The minimum atomic E-state index is 0.00877. The quantitative estimate of drug-likeness (QED) is 0.861. The van der Waals surface area contributed by atoms with Gasteiger partial charge in [0.05, 0.1) is 6.04 Å². The molecular formula is C21H28N2O2. The number of hydrogen-bond donors (Lipinski definition) is 1. The van der Waals surface area contributed by atoms with Gasteiger partial charge in [-0.3, -0.25) is 9.59 Å². The van der Waals surface area contributed by atoms with Crippen LogP contribution in [0.15, 0.2) is 30.3 Å². The van der Waals surface area contributed by atoms with E-state index >= 15 is 0 Å². The number of Topliss-reactive ketones (excluding diaryl/α,β-unsaturated/α-hetero) is 1. The number of carbonyl (C=O) groups is 2. The second-order valence-corrected chi connectivity index (χ2v) is 7.94. The Balaban J connectivity index is 1.31. The molecule has 2 aliphatic heterocycles. The van der Waals surface area contributed by atoms with Gasteiger partial charge < -0.3 is 10.2 Å². The molecule has 2 heterocycles. The van der Waals surface area contributed by atoms with Crippen LogP contribution in [0.5, 0.6) is 0 Å². The van der Waals surface area contributed by atoms with Crippen LogP contribution < -0.4 is 5.32 Å². The molecule has 25 heavy (non-hydrogen) atoms. The number of benzene rings is 1. The lowest BCUT2D eigenvalue weighted by Gasteiger charge is -2.33. The topological polar surface area (TPSA) is 49.4 Å². The molecule has 0 bridgehead atoms. The van der Waals surface area contributed by atoms with Crippen LogP contribution in [0.25, 0.3) is 0 Å². The zero-order chi connectivity index (χ0) is 17.2. The maximum Gasteiger partial charge on any atom is 0.239 e. The predicted molar refractivity (Wildman–Crippen MR) is 97.4 cm³/mol. The van der Waals surface area contributed by atoms with Crippen molar-refractivity contribution < 1.29 is 9.59 Å². The first-order chi connectivity index (χ1) is 12.2. The number of hydrogen-bond acceptors (Lipinski definition) is 3. The molecular weight excluding hydrogens is 312 g/mol. The summed E-state index contributed by atoms with van der Waals surface area (Å²) in [7, 11) is 0. The first-order valence-electron chi connectivity index (χ1n) is 9.86. The summed E-state index contributed by atoms with van der Waals surface area (Å²) < 4.78 is 0. The van der Waals surface area contributed by atoms with E-state index in [2.05, 4.69) is 5.32 Å². The van der Waals surface area contributed by atoms with E-state index in [0.29, 0.717) is 12.0 Å². The molecule has 3 aliphatic rings. The fourth-order valence-corrected chi connectivity index (χ4v) is 4.93. The first kappa shape index (κ1) is 16.8. The van der Waals surface area contributed by atoms with Crippen LogP contribution in [0.1, 0.15) is 55.3 Å². The second kappa shape index (κ2) is 7.28. The van der Waals surface area contributed by atoms with Gasteiger partial charge in [0.25, 0.3) is 0 Å². The highest BCUT2D eigenvalue weighted by Gasteiger charge is 2.40. The lowest BCUT2D eigenvalue weighted by molar-refractivity contribution is -0.134. The number of nitrogens with zero attached hydrogens (tertiary/aromatic N) is 1. The van der Waals surface area contributed by atoms with Crippen LogP contribution in [-0.4, -0.2) is 41.8 Å². The number of nitrogens with one attached hydrogen (secondary N) is 1. The standard InChI is InChI=1S/C21H28N2O2/c24-20(15-6-2-1-3-7-15)16-10-12-23(13-11-16)21(25)19-14-17-8-4-5-9-18(17)22-19/h1-3,6-7,16-19,22H,4-5,8-14H2. The van der Waals surface area contributed by atoms with Gasteiger partial charge >= 0.3 is 0 Å². The van der Waals surface area contributed by atoms with Crippen LogP contribution in [0, 0.1) is 11.8 Å². The Morgan fingerprint density at radius 1 is 0.960 bits per heavy atom. The van der Waals surface area contributed by atoms with Gasteiger partial charge in [0, 0.05) is 30.6 Å². The van der Waals surface area contributed by atoms with Gasteiger partial charge in [-0.15, -0.1) is 0 Å². The van der Waals surface area contributed by atoms with E-state index in [-0.39, 0.29) is 23.7 Å². The van der Waals surface area contributed by atoms with Crippen molar-refractivity contribution in [1.82, 2.24) is 10.2 Å². The summed E-state index contributed by atoms with van der Waals surface area (Å²) >= 11 is 0. The Labute approximate surface area is 150 Å². The first-order valence-corrected chi connectivity index (χ1v) is 9.86. The zero-order valence-corrected chi connectivity index (χ0v) is 14.8. The van der Waals surface area contributed by atoms with Crippen molar-refractivity contribution >= 4 is 11.7 Å². The summed E-state index contributed by atoms with van der Waals surface area (Å²) in [5.74, 6) is 1.25. The molecule has 0 radical (unpaired) electrons. The largest absolute Gasteiger partial charge is 0.341 e. The van der Waals surface area contributed by atoms with E-state index < -0.39 is 0 Å². The van der Waals surface area contributed by atoms with Crippen LogP contribution >= 0.6 is 0 Å². The highest BCUT2D eigenvalue weighted by molar-refractivity contribution is 5.98. The van der Waals surface area contributed by atoms with Crippen molar-refractivity contribution in [2.24, 2.45) is 11.8 Å². The van der Waals surface area contributed by atoms with Gasteiger partial charge in [-0.2, -0.15) is 0 Å². The highest BCUT2D eigenvalue weighted by Crippen LogP contribution is 2.34. The Morgan fingerprint density at radius 3 is 2.40 bits per heavy atom. The summed E-state index contributed by atoms with van der Waals surface area (Å²) in [5, 5.41) is 3.59. The number of amides is 1. The van der Waals surface area contributed by atoms with Crippen LogP contribution in [-0.2, 0) is 4.79 Å². The van der Waals surface area contributed by atoms with Crippen LogP contribution in [0.2, 0.25) is 0 Å². The average molecular weight is 340 g/mol. The van der Waals surface area contributed by atoms with E-state index in [0.717, 1.165) is 37.9 Å². The summed E-state index contributed by atoms with van der Waals surface area (Å²) in [5.41, 5.74) is 0.800. The monoisotopic (exact) mass is 340 g/mol. The molecule has 4 nitrogen and oxygen atoms in total. The molecule has 3 unspecified atom stereocenters. The van der Waals surface area contributed by atoms with Gasteiger partial charge in [0.1, 0.15) is 0 Å². The van der Waals surface area contributed by atoms with Gasteiger partial charge in [-0.25, -0.2) is 0 Å². The Hall–Kier alpha value is -1.68. The van der Waals surface area contributed by atoms with Crippen molar-refractivity contribution in [2.75, 3.05) is 13.1 Å². The molecule has 1 aliphatic carbocycles. The van der Waals surface area contributed by atoms with E-state index in [1.165, 1.54) is 25.7 Å². The smallest absolute Gasteiger partial charge is 0.239 e. The molecule has 1 saturated carbocycles. The van der Waals surface area contributed by atoms with Crippen LogP contribution in [0.4, 0.5) is 0 Å². The minimum Gasteiger partial charge on any atom is -0.341 e. The molecule has 4 heteroatoms. The summed E-state index contributed by atoms with van der Waals surface area (Å²) in [6.07, 6.45) is 7.69. The Morgan fingerprint density at radius 2 is 1.68 bits per heavy atom. The summed E-state index contributed by atoms with van der Waals surface area (Å²) in [6, 6.07) is 10.1. The van der Waals surface area contributed by atoms with Gasteiger partial charge in [-0.1, -0.05) is 43.2 Å². The summed E-state index contributed by atoms with van der Waals surface area (Å²) in [6.45, 7) is 1.44. The van der Waals surface area contributed by atoms with Crippen molar-refractivity contribution in [3.05, 3.63) is 35.9 Å². The number of rotatable bonds is 3. The maximum atomic E-state index is 12.9. The zero-order valence-electron chi connectivity index (χ0n) is 14.8. The van der Waals surface area contributed by atoms with E-state index in [1.807, 2.05) is 35.2 Å². The lowest BCUT2D eigenvalue weighted by Crippen LogP contribution is -2.48. The number of likely N-dealkylation sites (tertiary alicyclic amines) is 1. The van der Waals surface area contributed by atoms with E-state index in [4.69, 9.17) is 0 Å². The van der Waals surface area contributed by atoms with Crippen molar-refractivity contribution in [1.29, 1.82) is 0 Å². The van der Waals surface area contributed by atoms with Gasteiger partial charge in [0.2, 0.25) is 5.91 Å². The van der Waals surface area contributed by atoms with E-state index in [1.54, 1.807) is 0 Å². The van der Waals surface area contributed by atoms with Crippen LogP contribution in [0.3, 0.4) is 0 Å². The SMILES string of the molecule is O=C(c1ccccc1)C1CCN(C(=O)C2CC3CCCCC3N2)CC1. The minimum absolute atomic E-state index is 0.00877. The molecule has 0 spiro atoms. The van der Waals surface area contributed by atoms with Gasteiger partial charge in [-0.05, 0) is 38.0 Å². The van der Waals surface area contributed by atoms with Gasteiger partial charge in [0.15, 0.2) is 5.78 Å². The number of carbonyl (C=O) groups excluding carboxylic acids is 2. The normalized spacial score (nSPS) is 30.1. The van der Waals surface area contributed by atoms with Crippen molar-refractivity contribution in [3.8, 4) is 0 Å². The molecule has 0 aromatic heterocycles. The Kier molecular flexibility index (Phi) is 4.89. The van der Waals surface area contributed by atoms with Crippen molar-refractivity contribution in [3.63, 3.8) is 0 Å². The molecule has 1 aromatic carbocycles. The highest BCUT2D eigenvalue weighted by atomic mass is 16.2. The molecule has 3 fully saturated rings. The van der Waals surface area contributed by atoms with E-state index in [9.17, 15) is 9.59 Å². The van der Waals surface area contributed by atoms with Crippen molar-refractivity contribution in [2.45, 2.75) is 57.0 Å². The number of ketones is 1.